The zero-order valence-corrected chi connectivity index (χ0v) is 11.9. The van der Waals surface area contributed by atoms with Crippen molar-refractivity contribution in [1.29, 1.82) is 0 Å². The van der Waals surface area contributed by atoms with E-state index in [0.717, 1.165) is 11.1 Å². The number of nitro groups is 1. The van der Waals surface area contributed by atoms with E-state index >= 15 is 0 Å². The number of hydrogen-bond donors (Lipinski definition) is 0. The van der Waals surface area contributed by atoms with Crippen LogP contribution in [0.1, 0.15) is 21.7 Å². The van der Waals surface area contributed by atoms with Crippen molar-refractivity contribution in [1.82, 2.24) is 0 Å². The molecule has 0 saturated carbocycles. The second-order valence-electron chi connectivity index (χ2n) is 4.08. The zero-order valence-electron chi connectivity index (χ0n) is 10.3. The van der Waals surface area contributed by atoms with Crippen molar-refractivity contribution in [2.45, 2.75) is 13.8 Å². The predicted octanol–water partition coefficient (Wildman–Crippen LogP) is 4.05. The largest absolute Gasteiger partial charge is 0.453 e. The van der Waals surface area contributed by atoms with Crippen LogP contribution >= 0.6 is 15.9 Å². The van der Waals surface area contributed by atoms with E-state index in [1.165, 1.54) is 6.07 Å². The minimum absolute atomic E-state index is 0.0512. The van der Waals surface area contributed by atoms with Crippen LogP contribution in [-0.4, -0.2) is 11.2 Å². The Hall–Kier alpha value is -1.95. The number of benzene rings is 1. The van der Waals surface area contributed by atoms with E-state index in [9.17, 15) is 14.9 Å². The van der Waals surface area contributed by atoms with Crippen molar-refractivity contribution in [2.75, 3.05) is 0 Å². The average Bonchev–Trinajstić information content (AvgIpc) is 2.82. The molecule has 0 bridgehead atoms. The van der Waals surface area contributed by atoms with Gasteiger partial charge in [0.15, 0.2) is 12.0 Å². The molecule has 0 N–H and O–H groups in total. The molecule has 0 atom stereocenters. The molecular formula is C13H10BrNO4. The molecule has 98 valence electrons. The molecule has 0 aliphatic heterocycles. The highest BCUT2D eigenvalue weighted by molar-refractivity contribution is 9.10. The summed E-state index contributed by atoms with van der Waals surface area (Å²) in [6.07, 6.45) is 0.616. The maximum atomic E-state index is 10.9. The fourth-order valence-corrected chi connectivity index (χ4v) is 2.61. The SMILES string of the molecule is Cc1c([N+](=O)[O-])cc(Br)c(-c2ccc(C=O)o2)c1C. The van der Waals surface area contributed by atoms with Crippen LogP contribution in [0.25, 0.3) is 11.3 Å². The summed E-state index contributed by atoms with van der Waals surface area (Å²) in [5, 5.41) is 10.9. The number of carbonyl (C=O) groups excluding carboxylic acids is 1. The van der Waals surface area contributed by atoms with Crippen molar-refractivity contribution >= 4 is 27.9 Å². The van der Waals surface area contributed by atoms with Crippen LogP contribution in [0.4, 0.5) is 5.69 Å². The average molecular weight is 324 g/mol. The normalized spacial score (nSPS) is 10.5. The fraction of sp³-hybridized carbons (Fsp3) is 0.154. The molecule has 19 heavy (non-hydrogen) atoms. The quantitative estimate of drug-likeness (QED) is 0.485. The van der Waals surface area contributed by atoms with Crippen LogP contribution in [0.3, 0.4) is 0 Å². The first-order chi connectivity index (χ1) is 8.95. The highest BCUT2D eigenvalue weighted by Gasteiger charge is 2.21. The van der Waals surface area contributed by atoms with Crippen molar-refractivity contribution < 1.29 is 14.1 Å². The van der Waals surface area contributed by atoms with Crippen LogP contribution in [0.15, 0.2) is 27.1 Å². The number of nitro benzene ring substituents is 1. The first-order valence-electron chi connectivity index (χ1n) is 5.45. The summed E-state index contributed by atoms with van der Waals surface area (Å²) in [6, 6.07) is 4.67. The van der Waals surface area contributed by atoms with Crippen LogP contribution in [0.2, 0.25) is 0 Å². The number of halogens is 1. The van der Waals surface area contributed by atoms with Crippen LogP contribution < -0.4 is 0 Å². The number of carbonyl (C=O) groups is 1. The molecule has 6 heteroatoms. The Bertz CT molecular complexity index is 676. The lowest BCUT2D eigenvalue weighted by atomic mass is 10.00. The lowest BCUT2D eigenvalue weighted by Gasteiger charge is -2.09. The molecule has 0 amide bonds. The maximum Gasteiger partial charge on any atom is 0.273 e. The van der Waals surface area contributed by atoms with E-state index in [-0.39, 0.29) is 11.4 Å². The minimum Gasteiger partial charge on any atom is -0.453 e. The molecule has 0 unspecified atom stereocenters. The second kappa shape index (κ2) is 4.97. The number of aldehydes is 1. The molecule has 2 aromatic rings. The Morgan fingerprint density at radius 3 is 2.53 bits per heavy atom. The molecule has 2 rings (SSSR count). The third-order valence-electron chi connectivity index (χ3n) is 3.01. The fourth-order valence-electron chi connectivity index (χ4n) is 1.90. The van der Waals surface area contributed by atoms with Crippen LogP contribution in [0, 0.1) is 24.0 Å². The van der Waals surface area contributed by atoms with Gasteiger partial charge in [-0.1, -0.05) is 0 Å². The summed E-state index contributed by atoms with van der Waals surface area (Å²) < 4.78 is 5.93. The van der Waals surface area contributed by atoms with Gasteiger partial charge in [0.1, 0.15) is 5.76 Å². The van der Waals surface area contributed by atoms with Gasteiger partial charge in [0.25, 0.3) is 5.69 Å². The van der Waals surface area contributed by atoms with Gasteiger partial charge in [-0.15, -0.1) is 0 Å². The summed E-state index contributed by atoms with van der Waals surface area (Å²) in [5.74, 6) is 0.724. The van der Waals surface area contributed by atoms with Crippen molar-refractivity contribution in [3.05, 3.63) is 49.7 Å². The molecule has 0 spiro atoms. The third kappa shape index (κ3) is 2.31. The number of hydrogen-bond acceptors (Lipinski definition) is 4. The molecule has 5 nitrogen and oxygen atoms in total. The molecular weight excluding hydrogens is 314 g/mol. The Balaban J connectivity index is 2.68. The minimum atomic E-state index is -0.421. The van der Waals surface area contributed by atoms with E-state index in [2.05, 4.69) is 15.9 Å². The van der Waals surface area contributed by atoms with Gasteiger partial charge in [0.05, 0.1) is 4.92 Å². The highest BCUT2D eigenvalue weighted by atomic mass is 79.9. The van der Waals surface area contributed by atoms with E-state index in [1.54, 1.807) is 26.0 Å². The van der Waals surface area contributed by atoms with E-state index < -0.39 is 4.92 Å². The van der Waals surface area contributed by atoms with E-state index in [1.807, 2.05) is 0 Å². The lowest BCUT2D eigenvalue weighted by molar-refractivity contribution is -0.385. The van der Waals surface area contributed by atoms with E-state index in [0.29, 0.717) is 22.1 Å². The summed E-state index contributed by atoms with van der Waals surface area (Å²) in [7, 11) is 0. The molecule has 0 aliphatic rings. The van der Waals surface area contributed by atoms with Crippen LogP contribution in [0.5, 0.6) is 0 Å². The van der Waals surface area contributed by atoms with Gasteiger partial charge < -0.3 is 4.42 Å². The molecule has 1 aromatic carbocycles. The zero-order chi connectivity index (χ0) is 14.2. The smallest absolute Gasteiger partial charge is 0.273 e. The summed E-state index contributed by atoms with van der Waals surface area (Å²) in [6.45, 7) is 3.47. The van der Waals surface area contributed by atoms with Gasteiger partial charge >= 0.3 is 0 Å². The van der Waals surface area contributed by atoms with Gasteiger partial charge in [-0.2, -0.15) is 0 Å². The second-order valence-corrected chi connectivity index (χ2v) is 4.93. The first kappa shape index (κ1) is 13.5. The third-order valence-corrected chi connectivity index (χ3v) is 3.64. The monoisotopic (exact) mass is 323 g/mol. The number of rotatable bonds is 3. The molecule has 0 aliphatic carbocycles. The van der Waals surface area contributed by atoms with Gasteiger partial charge in [-0.05, 0) is 47.5 Å². The molecule has 0 saturated heterocycles. The van der Waals surface area contributed by atoms with Crippen LogP contribution in [-0.2, 0) is 0 Å². The molecule has 0 fully saturated rings. The van der Waals surface area contributed by atoms with Gasteiger partial charge in [0, 0.05) is 21.7 Å². The summed E-state index contributed by atoms with van der Waals surface area (Å²) in [4.78, 5) is 21.2. The maximum absolute atomic E-state index is 10.9. The van der Waals surface area contributed by atoms with Crippen molar-refractivity contribution in [2.24, 2.45) is 0 Å². The van der Waals surface area contributed by atoms with Gasteiger partial charge in [-0.3, -0.25) is 14.9 Å². The first-order valence-corrected chi connectivity index (χ1v) is 6.24. The summed E-state index contributed by atoms with van der Waals surface area (Å²) >= 11 is 3.32. The van der Waals surface area contributed by atoms with Gasteiger partial charge in [-0.25, -0.2) is 0 Å². The molecule has 1 heterocycles. The Kier molecular flexibility index (Phi) is 3.53. The Morgan fingerprint density at radius 1 is 1.32 bits per heavy atom. The standard InChI is InChI=1S/C13H10BrNO4/c1-7-8(2)13(10(14)5-11(7)15(17)18)12-4-3-9(6-16)19-12/h3-6H,1-2H3. The highest BCUT2D eigenvalue weighted by Crippen LogP contribution is 2.38. The lowest BCUT2D eigenvalue weighted by Crippen LogP contribution is -1.97. The molecule has 1 aromatic heterocycles. The predicted molar refractivity (Wildman–Crippen MR) is 73.4 cm³/mol. The Morgan fingerprint density at radius 2 is 2.00 bits per heavy atom. The Labute approximate surface area is 117 Å². The van der Waals surface area contributed by atoms with Crippen molar-refractivity contribution in [3.63, 3.8) is 0 Å². The van der Waals surface area contributed by atoms with Crippen molar-refractivity contribution in [3.8, 4) is 11.3 Å². The van der Waals surface area contributed by atoms with Gasteiger partial charge in [0.2, 0.25) is 0 Å². The topological polar surface area (TPSA) is 73.3 Å². The number of furan rings is 1. The molecule has 0 radical (unpaired) electrons. The number of nitrogens with zero attached hydrogens (tertiary/aromatic N) is 1. The van der Waals surface area contributed by atoms with E-state index in [4.69, 9.17) is 4.42 Å². The summed E-state index contributed by atoms with van der Waals surface area (Å²) in [5.41, 5.74) is 2.09.